The summed E-state index contributed by atoms with van der Waals surface area (Å²) in [5.74, 6) is -1.55. The molecule has 2 aliphatic carbocycles. The number of Topliss-reactive ketones (excluding diaryl/α,β-unsaturated/α-hetero) is 1. The van der Waals surface area contributed by atoms with Crippen molar-refractivity contribution in [2.75, 3.05) is 14.2 Å². The number of benzene rings is 1. The first-order valence-corrected chi connectivity index (χ1v) is 9.02. The first-order chi connectivity index (χ1) is 12.2. The number of ketones is 1. The molecule has 0 heterocycles. The first kappa shape index (κ1) is 18.6. The predicted octanol–water partition coefficient (Wildman–Crippen LogP) is 3.40. The summed E-state index contributed by atoms with van der Waals surface area (Å²) in [5, 5.41) is 0. The minimum absolute atomic E-state index is 0.0489. The van der Waals surface area contributed by atoms with Gasteiger partial charge in [0, 0.05) is 11.5 Å². The fourth-order valence-corrected chi connectivity index (χ4v) is 5.47. The highest BCUT2D eigenvalue weighted by atomic mass is 16.5. The van der Waals surface area contributed by atoms with Crippen LogP contribution in [0.2, 0.25) is 0 Å². The third-order valence-electron chi connectivity index (χ3n) is 6.61. The van der Waals surface area contributed by atoms with Gasteiger partial charge in [-0.2, -0.15) is 0 Å². The number of hydrogen-bond acceptors (Lipinski definition) is 5. The summed E-state index contributed by atoms with van der Waals surface area (Å²) in [6.07, 6.45) is 2.42. The molecule has 0 spiro atoms. The summed E-state index contributed by atoms with van der Waals surface area (Å²) in [6, 6.07) is 5.57. The smallest absolute Gasteiger partial charge is 0.313 e. The molecule has 0 amide bonds. The van der Waals surface area contributed by atoms with Gasteiger partial charge in [0.25, 0.3) is 0 Å². The normalized spacial score (nSPS) is 32.3. The average Bonchev–Trinajstić information content (AvgIpc) is 2.90. The molecule has 0 radical (unpaired) electrons. The molecule has 1 fully saturated rings. The van der Waals surface area contributed by atoms with Crippen LogP contribution < -0.4 is 0 Å². The van der Waals surface area contributed by atoms with Crippen molar-refractivity contribution in [2.24, 2.45) is 11.3 Å². The Balaban J connectivity index is 2.26. The number of esters is 2. The molecule has 2 aliphatic rings. The van der Waals surface area contributed by atoms with Gasteiger partial charge in [0.2, 0.25) is 0 Å². The number of hydrogen-bond donors (Lipinski definition) is 0. The Morgan fingerprint density at radius 3 is 2.35 bits per heavy atom. The van der Waals surface area contributed by atoms with Crippen molar-refractivity contribution in [3.8, 4) is 0 Å². The van der Waals surface area contributed by atoms with Gasteiger partial charge in [-0.15, -0.1) is 0 Å². The third-order valence-corrected chi connectivity index (χ3v) is 6.61. The van der Waals surface area contributed by atoms with Gasteiger partial charge in [0.15, 0.2) is 5.78 Å². The van der Waals surface area contributed by atoms with Crippen molar-refractivity contribution < 1.29 is 23.9 Å². The van der Waals surface area contributed by atoms with Crippen molar-refractivity contribution in [3.05, 3.63) is 34.9 Å². The van der Waals surface area contributed by atoms with Gasteiger partial charge in [-0.1, -0.05) is 25.5 Å². The van der Waals surface area contributed by atoms with Gasteiger partial charge in [-0.25, -0.2) is 0 Å². The Hall–Kier alpha value is -2.17. The molecular formula is C21H26O5. The van der Waals surface area contributed by atoms with Crippen molar-refractivity contribution in [1.29, 1.82) is 0 Å². The van der Waals surface area contributed by atoms with Gasteiger partial charge in [0.05, 0.1) is 25.6 Å². The molecule has 3 rings (SSSR count). The predicted molar refractivity (Wildman–Crippen MR) is 96.0 cm³/mol. The number of rotatable bonds is 3. The van der Waals surface area contributed by atoms with Crippen LogP contribution in [0.15, 0.2) is 18.2 Å². The van der Waals surface area contributed by atoms with Crippen LogP contribution in [0.1, 0.15) is 67.4 Å². The molecule has 1 aromatic rings. The quantitative estimate of drug-likeness (QED) is 0.612. The first-order valence-electron chi connectivity index (χ1n) is 9.02. The minimum atomic E-state index is -0.782. The van der Waals surface area contributed by atoms with Gasteiger partial charge >= 0.3 is 11.9 Å². The summed E-state index contributed by atoms with van der Waals surface area (Å²) < 4.78 is 10.2. The van der Waals surface area contributed by atoms with Crippen molar-refractivity contribution in [3.63, 3.8) is 0 Å². The monoisotopic (exact) mass is 358 g/mol. The average molecular weight is 358 g/mol. The van der Waals surface area contributed by atoms with E-state index in [9.17, 15) is 14.4 Å². The maximum Gasteiger partial charge on any atom is 0.313 e. The maximum absolute atomic E-state index is 12.8. The lowest BCUT2D eigenvalue weighted by Crippen LogP contribution is -2.51. The molecule has 140 valence electrons. The van der Waals surface area contributed by atoms with E-state index in [0.717, 1.165) is 24.0 Å². The summed E-state index contributed by atoms with van der Waals surface area (Å²) in [6.45, 7) is 5.53. The zero-order valence-corrected chi connectivity index (χ0v) is 16.0. The standard InChI is InChI=1S/C21H26O5/c1-12(22)13-7-8-15-14(11-13)16(18(23)25-4)17-20(15,2)9-6-10-21(17,3)19(24)26-5/h7-8,11,16-17H,6,9-10H2,1-5H3/t16-,17-,20-,21+/m0/s1. The molecule has 1 aromatic carbocycles. The second-order valence-electron chi connectivity index (χ2n) is 8.02. The maximum atomic E-state index is 12.8. The lowest BCUT2D eigenvalue weighted by molar-refractivity contribution is -0.164. The van der Waals surface area contributed by atoms with Crippen LogP contribution in [0.25, 0.3) is 0 Å². The summed E-state index contributed by atoms with van der Waals surface area (Å²) >= 11 is 0. The van der Waals surface area contributed by atoms with Crippen LogP contribution >= 0.6 is 0 Å². The van der Waals surface area contributed by atoms with E-state index in [2.05, 4.69) is 6.92 Å². The molecule has 1 saturated carbocycles. The van der Waals surface area contributed by atoms with E-state index in [1.165, 1.54) is 21.1 Å². The molecule has 0 aliphatic heterocycles. The zero-order valence-electron chi connectivity index (χ0n) is 16.0. The van der Waals surface area contributed by atoms with Gasteiger partial charge in [-0.05, 0) is 49.3 Å². The minimum Gasteiger partial charge on any atom is -0.469 e. The van der Waals surface area contributed by atoms with Crippen LogP contribution in [-0.4, -0.2) is 31.9 Å². The molecule has 0 N–H and O–H groups in total. The van der Waals surface area contributed by atoms with E-state index in [-0.39, 0.29) is 29.1 Å². The van der Waals surface area contributed by atoms with E-state index in [4.69, 9.17) is 9.47 Å². The van der Waals surface area contributed by atoms with Crippen molar-refractivity contribution in [1.82, 2.24) is 0 Å². The molecular weight excluding hydrogens is 332 g/mol. The van der Waals surface area contributed by atoms with Crippen molar-refractivity contribution in [2.45, 2.75) is 51.4 Å². The second kappa shape index (κ2) is 6.22. The Bertz CT molecular complexity index is 783. The van der Waals surface area contributed by atoms with Crippen molar-refractivity contribution >= 4 is 17.7 Å². The molecule has 26 heavy (non-hydrogen) atoms. The Morgan fingerprint density at radius 1 is 1.08 bits per heavy atom. The molecule has 0 aromatic heterocycles. The van der Waals surface area contributed by atoms with Crippen LogP contribution in [0, 0.1) is 11.3 Å². The second-order valence-corrected chi connectivity index (χ2v) is 8.02. The van der Waals surface area contributed by atoms with Gasteiger partial charge in [0.1, 0.15) is 0 Å². The summed E-state index contributed by atoms with van der Waals surface area (Å²) in [5.41, 5.74) is 1.30. The number of ether oxygens (including phenoxy) is 2. The highest BCUT2D eigenvalue weighted by molar-refractivity contribution is 5.95. The van der Waals surface area contributed by atoms with E-state index in [1.807, 2.05) is 19.1 Å². The van der Waals surface area contributed by atoms with Crippen LogP contribution in [0.5, 0.6) is 0 Å². The molecule has 4 atom stereocenters. The van der Waals surface area contributed by atoms with E-state index < -0.39 is 11.3 Å². The van der Waals surface area contributed by atoms with Gasteiger partial charge in [-0.3, -0.25) is 14.4 Å². The Morgan fingerprint density at radius 2 is 1.77 bits per heavy atom. The molecule has 0 saturated heterocycles. The largest absolute Gasteiger partial charge is 0.469 e. The molecule has 5 heteroatoms. The Labute approximate surface area is 154 Å². The fourth-order valence-electron chi connectivity index (χ4n) is 5.47. The molecule has 0 unspecified atom stereocenters. The van der Waals surface area contributed by atoms with Crippen LogP contribution in [-0.2, 0) is 24.5 Å². The van der Waals surface area contributed by atoms with E-state index in [1.54, 1.807) is 6.07 Å². The summed E-state index contributed by atoms with van der Waals surface area (Å²) in [7, 11) is 2.76. The number of methoxy groups -OCH3 is 2. The highest BCUT2D eigenvalue weighted by Gasteiger charge is 2.63. The molecule has 5 nitrogen and oxygen atoms in total. The zero-order chi connectivity index (χ0) is 19.3. The lowest BCUT2D eigenvalue weighted by Gasteiger charge is -2.48. The Kier molecular flexibility index (Phi) is 4.45. The highest BCUT2D eigenvalue weighted by Crippen LogP contribution is 2.63. The number of carbonyl (C=O) groups excluding carboxylic acids is 3. The summed E-state index contributed by atoms with van der Waals surface area (Å²) in [4.78, 5) is 37.4. The van der Waals surface area contributed by atoms with E-state index in [0.29, 0.717) is 12.0 Å². The topological polar surface area (TPSA) is 69.7 Å². The fraction of sp³-hybridized carbons (Fsp3) is 0.571. The lowest BCUT2D eigenvalue weighted by atomic mass is 9.54. The van der Waals surface area contributed by atoms with Gasteiger partial charge < -0.3 is 9.47 Å². The number of carbonyl (C=O) groups is 3. The van der Waals surface area contributed by atoms with Crippen LogP contribution in [0.3, 0.4) is 0 Å². The van der Waals surface area contributed by atoms with E-state index >= 15 is 0 Å². The number of fused-ring (bicyclic) bond motifs is 3. The van der Waals surface area contributed by atoms with Crippen LogP contribution in [0.4, 0.5) is 0 Å². The third kappa shape index (κ3) is 2.40. The SMILES string of the molecule is COC(=O)[C@H]1c2cc(C(C)=O)ccc2[C@]2(C)CCC[C@@](C)(C(=O)OC)[C@@H]12. The molecule has 0 bridgehead atoms.